The molecule has 1 aliphatic rings. The highest BCUT2D eigenvalue weighted by atomic mass is 32.2. The number of hydrogen-bond donors (Lipinski definition) is 2. The minimum Gasteiger partial charge on any atom is -0.491 e. The summed E-state index contributed by atoms with van der Waals surface area (Å²) in [7, 11) is 2.12. The van der Waals surface area contributed by atoms with Gasteiger partial charge in [0.15, 0.2) is 0 Å². The number of carbonyl (C=O) groups is 1. The third kappa shape index (κ3) is 3.88. The van der Waals surface area contributed by atoms with Gasteiger partial charge in [-0.25, -0.2) is 5.84 Å². The molecule has 1 atom stereocenters. The average Bonchev–Trinajstić information content (AvgIpc) is 3.01. The number of hydrogen-bond acceptors (Lipinski definition) is 5. The van der Waals surface area contributed by atoms with E-state index in [1.165, 1.54) is 17.9 Å². The second kappa shape index (κ2) is 7.52. The molecule has 1 heterocycles. The van der Waals surface area contributed by atoms with Gasteiger partial charge in [-0.15, -0.1) is 0 Å². The van der Waals surface area contributed by atoms with Crippen molar-refractivity contribution in [1.29, 1.82) is 0 Å². The zero-order chi connectivity index (χ0) is 14.4. The monoisotopic (exact) mass is 295 g/mol. The number of nitrogens with two attached hydrogens (primary N) is 1. The molecule has 1 saturated heterocycles. The van der Waals surface area contributed by atoms with Crippen LogP contribution in [-0.2, 0) is 0 Å². The van der Waals surface area contributed by atoms with Crippen molar-refractivity contribution in [1.82, 2.24) is 10.3 Å². The van der Waals surface area contributed by atoms with Crippen LogP contribution in [0.15, 0.2) is 24.3 Å². The Kier molecular flexibility index (Phi) is 5.70. The van der Waals surface area contributed by atoms with Crippen LogP contribution in [0, 0.1) is 0 Å². The van der Waals surface area contributed by atoms with Gasteiger partial charge in [-0.3, -0.25) is 15.1 Å². The molecule has 1 aromatic carbocycles. The minimum absolute atomic E-state index is 0.332. The number of amides is 1. The average molecular weight is 295 g/mol. The maximum Gasteiger partial charge on any atom is 0.268 e. The molecule has 1 aliphatic heterocycles. The lowest BCUT2D eigenvalue weighted by molar-refractivity contribution is 0.0948. The summed E-state index contributed by atoms with van der Waals surface area (Å²) in [6.07, 6.45) is 1.24. The van der Waals surface area contributed by atoms with E-state index in [1.54, 1.807) is 18.2 Å². The molecule has 6 heteroatoms. The number of nitrogen functional groups attached to an aromatic ring is 1. The Morgan fingerprint density at radius 2 is 2.35 bits per heavy atom. The predicted octanol–water partition coefficient (Wildman–Crippen LogP) is 1.11. The standard InChI is InChI=1S/C14H21N3O2S/c1-17(11-6-9-20-10-11)7-8-19-13-5-3-2-4-12(13)14(18)16-15/h2-5,11H,6-10,15H2,1H3,(H,16,18). The van der Waals surface area contributed by atoms with Crippen molar-refractivity contribution < 1.29 is 9.53 Å². The van der Waals surface area contributed by atoms with E-state index >= 15 is 0 Å². The third-order valence-corrected chi connectivity index (χ3v) is 4.64. The van der Waals surface area contributed by atoms with Crippen LogP contribution in [0.1, 0.15) is 16.8 Å². The number of hydrazine groups is 1. The molecule has 0 radical (unpaired) electrons. The van der Waals surface area contributed by atoms with Gasteiger partial charge in [-0.05, 0) is 31.4 Å². The molecule has 110 valence electrons. The molecule has 1 amide bonds. The van der Waals surface area contributed by atoms with Crippen LogP contribution in [0.25, 0.3) is 0 Å². The van der Waals surface area contributed by atoms with E-state index in [0.29, 0.717) is 24.0 Å². The summed E-state index contributed by atoms with van der Waals surface area (Å²) in [5.41, 5.74) is 2.60. The summed E-state index contributed by atoms with van der Waals surface area (Å²) in [5, 5.41) is 0. The van der Waals surface area contributed by atoms with E-state index in [2.05, 4.69) is 17.4 Å². The first kappa shape index (κ1) is 15.2. The molecule has 2 rings (SSSR count). The Balaban J connectivity index is 1.86. The molecule has 0 saturated carbocycles. The second-order valence-corrected chi connectivity index (χ2v) is 5.97. The second-order valence-electron chi connectivity index (χ2n) is 4.82. The van der Waals surface area contributed by atoms with Crippen LogP contribution >= 0.6 is 11.8 Å². The highest BCUT2D eigenvalue weighted by Crippen LogP contribution is 2.21. The van der Waals surface area contributed by atoms with Crippen molar-refractivity contribution in [2.45, 2.75) is 12.5 Å². The summed E-state index contributed by atoms with van der Waals surface area (Å²) in [5.74, 6) is 7.85. The van der Waals surface area contributed by atoms with Crippen LogP contribution in [0.2, 0.25) is 0 Å². The van der Waals surface area contributed by atoms with E-state index < -0.39 is 0 Å². The molecule has 0 bridgehead atoms. The number of nitrogens with one attached hydrogen (secondary N) is 1. The van der Waals surface area contributed by atoms with Crippen molar-refractivity contribution in [3.63, 3.8) is 0 Å². The first-order valence-electron chi connectivity index (χ1n) is 6.73. The minimum atomic E-state index is -0.332. The van der Waals surface area contributed by atoms with Gasteiger partial charge in [0.25, 0.3) is 5.91 Å². The summed E-state index contributed by atoms with van der Waals surface area (Å²) >= 11 is 2.00. The lowest BCUT2D eigenvalue weighted by Crippen LogP contribution is -2.35. The van der Waals surface area contributed by atoms with Gasteiger partial charge in [0.1, 0.15) is 12.4 Å². The van der Waals surface area contributed by atoms with Crippen molar-refractivity contribution in [2.24, 2.45) is 5.84 Å². The fraction of sp³-hybridized carbons (Fsp3) is 0.500. The number of carbonyl (C=O) groups excluding carboxylic acids is 1. The lowest BCUT2D eigenvalue weighted by atomic mass is 10.2. The predicted molar refractivity (Wildman–Crippen MR) is 82.0 cm³/mol. The summed E-state index contributed by atoms with van der Waals surface area (Å²) in [4.78, 5) is 13.9. The smallest absolute Gasteiger partial charge is 0.268 e. The molecular formula is C14H21N3O2S. The van der Waals surface area contributed by atoms with E-state index in [4.69, 9.17) is 10.6 Å². The van der Waals surface area contributed by atoms with Gasteiger partial charge >= 0.3 is 0 Å². The third-order valence-electron chi connectivity index (χ3n) is 3.49. The first-order valence-corrected chi connectivity index (χ1v) is 7.88. The van der Waals surface area contributed by atoms with Crippen LogP contribution in [0.5, 0.6) is 5.75 Å². The zero-order valence-corrected chi connectivity index (χ0v) is 12.5. The Morgan fingerprint density at radius 1 is 1.55 bits per heavy atom. The van der Waals surface area contributed by atoms with E-state index in [9.17, 15) is 4.79 Å². The molecule has 5 nitrogen and oxygen atoms in total. The van der Waals surface area contributed by atoms with Gasteiger partial charge in [-0.2, -0.15) is 11.8 Å². The van der Waals surface area contributed by atoms with Crippen LogP contribution in [-0.4, -0.2) is 48.6 Å². The topological polar surface area (TPSA) is 67.6 Å². The van der Waals surface area contributed by atoms with E-state index in [0.717, 1.165) is 6.54 Å². The number of para-hydroxylation sites is 1. The molecule has 0 spiro atoms. The van der Waals surface area contributed by atoms with Crippen molar-refractivity contribution in [3.05, 3.63) is 29.8 Å². The Hall–Kier alpha value is -1.24. The molecule has 20 heavy (non-hydrogen) atoms. The molecule has 3 N–H and O–H groups in total. The molecule has 1 unspecified atom stereocenters. The Morgan fingerprint density at radius 3 is 3.05 bits per heavy atom. The lowest BCUT2D eigenvalue weighted by Gasteiger charge is -2.23. The number of likely N-dealkylation sites (N-methyl/N-ethyl adjacent to an activating group) is 1. The van der Waals surface area contributed by atoms with Gasteiger partial charge < -0.3 is 4.74 Å². The fourth-order valence-electron chi connectivity index (χ4n) is 2.21. The first-order chi connectivity index (χ1) is 9.72. The van der Waals surface area contributed by atoms with Crippen molar-refractivity contribution in [3.8, 4) is 5.75 Å². The summed E-state index contributed by atoms with van der Waals surface area (Å²) < 4.78 is 5.73. The van der Waals surface area contributed by atoms with Gasteiger partial charge in [0, 0.05) is 18.3 Å². The molecule has 0 aliphatic carbocycles. The highest BCUT2D eigenvalue weighted by Gasteiger charge is 2.19. The number of nitrogens with zero attached hydrogens (tertiary/aromatic N) is 1. The largest absolute Gasteiger partial charge is 0.491 e. The quantitative estimate of drug-likeness (QED) is 0.467. The highest BCUT2D eigenvalue weighted by molar-refractivity contribution is 7.99. The van der Waals surface area contributed by atoms with Gasteiger partial charge in [-0.1, -0.05) is 12.1 Å². The van der Waals surface area contributed by atoms with Crippen LogP contribution < -0.4 is 16.0 Å². The molecular weight excluding hydrogens is 274 g/mol. The number of benzene rings is 1. The summed E-state index contributed by atoms with van der Waals surface area (Å²) in [6.45, 7) is 1.41. The van der Waals surface area contributed by atoms with Crippen molar-refractivity contribution >= 4 is 17.7 Å². The number of rotatable bonds is 6. The maximum absolute atomic E-state index is 11.6. The van der Waals surface area contributed by atoms with Gasteiger partial charge in [0.2, 0.25) is 0 Å². The number of thioether (sulfide) groups is 1. The van der Waals surface area contributed by atoms with E-state index in [1.807, 2.05) is 17.8 Å². The van der Waals surface area contributed by atoms with E-state index in [-0.39, 0.29) is 5.91 Å². The Bertz CT molecular complexity index is 450. The zero-order valence-electron chi connectivity index (χ0n) is 11.7. The Labute approximate surface area is 123 Å². The normalized spacial score (nSPS) is 18.2. The van der Waals surface area contributed by atoms with Crippen LogP contribution in [0.4, 0.5) is 0 Å². The molecule has 0 aromatic heterocycles. The van der Waals surface area contributed by atoms with Crippen LogP contribution in [0.3, 0.4) is 0 Å². The molecule has 1 fully saturated rings. The maximum atomic E-state index is 11.6. The fourth-order valence-corrected chi connectivity index (χ4v) is 3.51. The van der Waals surface area contributed by atoms with Gasteiger partial charge in [0.05, 0.1) is 5.56 Å². The SMILES string of the molecule is CN(CCOc1ccccc1C(=O)NN)C1CCSC1. The molecule has 1 aromatic rings. The summed E-state index contributed by atoms with van der Waals surface area (Å²) in [6, 6.07) is 7.77. The number of ether oxygens (including phenoxy) is 1. The van der Waals surface area contributed by atoms with Crippen molar-refractivity contribution in [2.75, 3.05) is 31.7 Å².